The number of ether oxygens (including phenoxy) is 2. The molecule has 6 nitrogen and oxygen atoms in total. The van der Waals surface area contributed by atoms with E-state index in [9.17, 15) is 14.7 Å². The van der Waals surface area contributed by atoms with Gasteiger partial charge in [-0.1, -0.05) is 36.4 Å². The number of carboxylic acids is 1. The van der Waals surface area contributed by atoms with Crippen molar-refractivity contribution in [1.82, 2.24) is 4.90 Å². The second-order valence-electron chi connectivity index (χ2n) is 9.47. The van der Waals surface area contributed by atoms with Gasteiger partial charge in [-0.2, -0.15) is 0 Å². The SMILES string of the molecule is COc1cccc2cc(-c3cccc(CC(CCCN(C)C(=O)OC(C)(C)C)C(=O)O)c3)sc12. The molecule has 0 saturated heterocycles. The lowest BCUT2D eigenvalue weighted by Gasteiger charge is -2.25. The first kappa shape index (κ1) is 25.6. The highest BCUT2D eigenvalue weighted by Crippen LogP contribution is 2.38. The van der Waals surface area contributed by atoms with Crippen LogP contribution in [0.3, 0.4) is 0 Å². The van der Waals surface area contributed by atoms with E-state index in [-0.39, 0.29) is 0 Å². The molecule has 182 valence electrons. The topological polar surface area (TPSA) is 76.1 Å². The summed E-state index contributed by atoms with van der Waals surface area (Å²) < 4.78 is 11.9. The molecule has 1 heterocycles. The summed E-state index contributed by atoms with van der Waals surface area (Å²) in [5.41, 5.74) is 1.49. The van der Waals surface area contributed by atoms with Crippen molar-refractivity contribution >= 4 is 33.5 Å². The van der Waals surface area contributed by atoms with E-state index in [2.05, 4.69) is 18.2 Å². The average molecular weight is 484 g/mol. The molecule has 0 aliphatic carbocycles. The van der Waals surface area contributed by atoms with Crippen LogP contribution >= 0.6 is 11.3 Å². The van der Waals surface area contributed by atoms with E-state index in [1.54, 1.807) is 25.5 Å². The number of benzene rings is 2. The normalized spacial score (nSPS) is 12.4. The summed E-state index contributed by atoms with van der Waals surface area (Å²) in [6, 6.07) is 16.2. The fraction of sp³-hybridized carbons (Fsp3) is 0.407. The minimum Gasteiger partial charge on any atom is -0.495 e. The van der Waals surface area contributed by atoms with Crippen LogP contribution in [-0.2, 0) is 16.0 Å². The largest absolute Gasteiger partial charge is 0.495 e. The third kappa shape index (κ3) is 6.73. The number of thiophene rings is 1. The Bertz CT molecular complexity index is 1150. The monoisotopic (exact) mass is 483 g/mol. The summed E-state index contributed by atoms with van der Waals surface area (Å²) in [6.07, 6.45) is 1.11. The molecule has 0 fully saturated rings. The molecule has 1 aromatic heterocycles. The maximum atomic E-state index is 12.1. The highest BCUT2D eigenvalue weighted by atomic mass is 32.1. The van der Waals surface area contributed by atoms with Crippen molar-refractivity contribution in [3.05, 3.63) is 54.1 Å². The number of aliphatic carboxylic acids is 1. The van der Waals surface area contributed by atoms with E-state index in [1.807, 2.05) is 51.1 Å². The van der Waals surface area contributed by atoms with Gasteiger partial charge >= 0.3 is 12.1 Å². The fourth-order valence-electron chi connectivity index (χ4n) is 3.79. The predicted molar refractivity (Wildman–Crippen MR) is 137 cm³/mol. The summed E-state index contributed by atoms with van der Waals surface area (Å²) in [5, 5.41) is 10.9. The second-order valence-corrected chi connectivity index (χ2v) is 10.5. The van der Waals surface area contributed by atoms with Crippen molar-refractivity contribution in [3.63, 3.8) is 0 Å². The molecule has 1 N–H and O–H groups in total. The molecule has 0 saturated carbocycles. The average Bonchev–Trinajstić information content (AvgIpc) is 3.22. The number of amides is 1. The summed E-state index contributed by atoms with van der Waals surface area (Å²) in [6.45, 7) is 5.91. The molecule has 3 aromatic rings. The highest BCUT2D eigenvalue weighted by Gasteiger charge is 2.22. The number of nitrogens with zero attached hydrogens (tertiary/aromatic N) is 1. The molecule has 0 aliphatic heterocycles. The van der Waals surface area contributed by atoms with Crippen LogP contribution in [0.1, 0.15) is 39.2 Å². The quantitative estimate of drug-likeness (QED) is 0.378. The number of methoxy groups -OCH3 is 1. The molecule has 7 heteroatoms. The molecular weight excluding hydrogens is 450 g/mol. The van der Waals surface area contributed by atoms with Gasteiger partial charge in [0.2, 0.25) is 0 Å². The Labute approximate surface area is 205 Å². The number of fused-ring (bicyclic) bond motifs is 1. The van der Waals surface area contributed by atoms with Crippen molar-refractivity contribution < 1.29 is 24.2 Å². The first-order valence-electron chi connectivity index (χ1n) is 11.4. The number of rotatable bonds is 9. The number of carbonyl (C=O) groups excluding carboxylic acids is 1. The third-order valence-electron chi connectivity index (χ3n) is 5.52. The molecule has 2 aromatic carbocycles. The Morgan fingerprint density at radius 2 is 1.85 bits per heavy atom. The molecule has 1 atom stereocenters. The zero-order chi connectivity index (χ0) is 24.9. The van der Waals surface area contributed by atoms with Crippen LogP contribution in [0.15, 0.2) is 48.5 Å². The van der Waals surface area contributed by atoms with E-state index in [4.69, 9.17) is 9.47 Å². The van der Waals surface area contributed by atoms with E-state index >= 15 is 0 Å². The second kappa shape index (κ2) is 10.9. The summed E-state index contributed by atoms with van der Waals surface area (Å²) >= 11 is 1.67. The first-order chi connectivity index (χ1) is 16.1. The molecule has 0 aliphatic rings. The van der Waals surface area contributed by atoms with E-state index in [0.717, 1.165) is 31.8 Å². The maximum absolute atomic E-state index is 12.1. The summed E-state index contributed by atoms with van der Waals surface area (Å²) in [4.78, 5) is 26.7. The lowest BCUT2D eigenvalue weighted by molar-refractivity contribution is -0.142. The van der Waals surface area contributed by atoms with Crippen LogP contribution < -0.4 is 4.74 Å². The Kier molecular flexibility index (Phi) is 8.20. The fourth-order valence-corrected chi connectivity index (χ4v) is 4.94. The Hall–Kier alpha value is -3.06. The van der Waals surface area contributed by atoms with E-state index < -0.39 is 23.6 Å². The molecule has 0 radical (unpaired) electrons. The van der Waals surface area contributed by atoms with Crippen molar-refractivity contribution in [2.45, 2.75) is 45.6 Å². The Morgan fingerprint density at radius 3 is 2.53 bits per heavy atom. The van der Waals surface area contributed by atoms with Gasteiger partial charge in [0.15, 0.2) is 0 Å². The molecule has 34 heavy (non-hydrogen) atoms. The van der Waals surface area contributed by atoms with Crippen LogP contribution in [0.5, 0.6) is 5.75 Å². The van der Waals surface area contributed by atoms with Crippen molar-refractivity contribution in [3.8, 4) is 16.2 Å². The minimum atomic E-state index is -0.822. The Morgan fingerprint density at radius 1 is 1.12 bits per heavy atom. The number of hydrogen-bond acceptors (Lipinski definition) is 5. The third-order valence-corrected chi connectivity index (χ3v) is 6.74. The molecule has 0 bridgehead atoms. The van der Waals surface area contributed by atoms with Gasteiger partial charge in [0.25, 0.3) is 0 Å². The van der Waals surface area contributed by atoms with Crippen LogP contribution in [0, 0.1) is 5.92 Å². The van der Waals surface area contributed by atoms with Crippen molar-refractivity contribution in [2.24, 2.45) is 5.92 Å². The van der Waals surface area contributed by atoms with Crippen LogP contribution in [0.2, 0.25) is 0 Å². The van der Waals surface area contributed by atoms with Crippen LogP contribution in [0.4, 0.5) is 4.79 Å². The van der Waals surface area contributed by atoms with Gasteiger partial charge in [-0.25, -0.2) is 4.79 Å². The van der Waals surface area contributed by atoms with Gasteiger partial charge in [-0.05, 0) is 68.7 Å². The van der Waals surface area contributed by atoms with Crippen LogP contribution in [0.25, 0.3) is 20.5 Å². The molecule has 0 spiro atoms. The number of carboxylic acid groups (broad SMARTS) is 1. The van der Waals surface area contributed by atoms with Crippen LogP contribution in [-0.4, -0.2) is 48.4 Å². The lowest BCUT2D eigenvalue weighted by Crippen LogP contribution is -2.35. The number of hydrogen-bond donors (Lipinski definition) is 1. The van der Waals surface area contributed by atoms with Gasteiger partial charge in [0.1, 0.15) is 11.4 Å². The minimum absolute atomic E-state index is 0.396. The van der Waals surface area contributed by atoms with Gasteiger partial charge in [-0.3, -0.25) is 4.79 Å². The van der Waals surface area contributed by atoms with Crippen molar-refractivity contribution in [1.29, 1.82) is 0 Å². The summed E-state index contributed by atoms with van der Waals surface area (Å²) in [7, 11) is 3.35. The van der Waals surface area contributed by atoms with Gasteiger partial charge in [-0.15, -0.1) is 11.3 Å². The number of carbonyl (C=O) groups is 2. The predicted octanol–water partition coefficient (Wildman–Crippen LogP) is 6.47. The highest BCUT2D eigenvalue weighted by molar-refractivity contribution is 7.22. The molecular formula is C27H33NO5S. The smallest absolute Gasteiger partial charge is 0.410 e. The van der Waals surface area contributed by atoms with Crippen molar-refractivity contribution in [2.75, 3.05) is 20.7 Å². The first-order valence-corrected chi connectivity index (χ1v) is 12.2. The molecule has 3 rings (SSSR count). The van der Waals surface area contributed by atoms with Gasteiger partial charge in [0, 0.05) is 18.5 Å². The van der Waals surface area contributed by atoms with E-state index in [0.29, 0.717) is 25.8 Å². The van der Waals surface area contributed by atoms with Gasteiger partial charge < -0.3 is 19.5 Å². The lowest BCUT2D eigenvalue weighted by atomic mass is 9.93. The maximum Gasteiger partial charge on any atom is 0.410 e. The Balaban J connectivity index is 1.66. The van der Waals surface area contributed by atoms with Gasteiger partial charge in [0.05, 0.1) is 17.7 Å². The molecule has 1 unspecified atom stereocenters. The zero-order valence-corrected chi connectivity index (χ0v) is 21.3. The van der Waals surface area contributed by atoms with E-state index in [1.165, 1.54) is 4.90 Å². The summed E-state index contributed by atoms with van der Waals surface area (Å²) in [5.74, 6) is -0.492. The molecule has 1 amide bonds. The standard InChI is InChI=1S/C27H33NO5S/c1-27(2,3)33-26(31)28(4)14-8-12-21(25(29)30)16-18-9-6-10-19(15-18)23-17-20-11-7-13-22(32-5)24(20)34-23/h6-7,9-11,13,15,17,21H,8,12,14,16H2,1-5H3,(H,29,30). The zero-order valence-electron chi connectivity index (χ0n) is 20.5.